The third-order valence-corrected chi connectivity index (χ3v) is 3.37. The maximum absolute atomic E-state index is 12.0. The molecule has 1 atom stereocenters. The second kappa shape index (κ2) is 9.30. The van der Waals surface area contributed by atoms with Gasteiger partial charge in [0.15, 0.2) is 5.96 Å². The van der Waals surface area contributed by atoms with Crippen molar-refractivity contribution < 1.29 is 9.53 Å². The lowest BCUT2D eigenvalue weighted by Gasteiger charge is -2.26. The lowest BCUT2D eigenvalue weighted by molar-refractivity contribution is -0.122. The number of aliphatic imine (C=N–C) groups is 1. The summed E-state index contributed by atoms with van der Waals surface area (Å²) in [5.74, 6) is 1.46. The van der Waals surface area contributed by atoms with Crippen LogP contribution in [0.3, 0.4) is 0 Å². The van der Waals surface area contributed by atoms with Crippen LogP contribution in [-0.4, -0.2) is 55.6 Å². The van der Waals surface area contributed by atoms with Crippen LogP contribution in [0.4, 0.5) is 0 Å². The molecule has 0 saturated carbocycles. The summed E-state index contributed by atoms with van der Waals surface area (Å²) in [7, 11) is 3.54. The second-order valence-electron chi connectivity index (χ2n) is 7.32. The average molecular weight is 348 g/mol. The summed E-state index contributed by atoms with van der Waals surface area (Å²) in [5.41, 5.74) is 0.958. The van der Waals surface area contributed by atoms with E-state index in [1.807, 2.05) is 65.9 Å². The number of guanidine groups is 1. The van der Waals surface area contributed by atoms with E-state index in [0.29, 0.717) is 12.5 Å². The predicted octanol–water partition coefficient (Wildman–Crippen LogP) is 2.18. The van der Waals surface area contributed by atoms with Crippen molar-refractivity contribution in [3.05, 3.63) is 29.8 Å². The van der Waals surface area contributed by atoms with Crippen molar-refractivity contribution >= 4 is 11.9 Å². The molecule has 1 unspecified atom stereocenters. The second-order valence-corrected chi connectivity index (χ2v) is 7.32. The van der Waals surface area contributed by atoms with Gasteiger partial charge in [-0.3, -0.25) is 9.79 Å². The Morgan fingerprint density at radius 1 is 1.28 bits per heavy atom. The van der Waals surface area contributed by atoms with E-state index >= 15 is 0 Å². The van der Waals surface area contributed by atoms with Crippen molar-refractivity contribution in [2.75, 3.05) is 27.2 Å². The van der Waals surface area contributed by atoms with Gasteiger partial charge < -0.3 is 20.3 Å². The molecule has 0 radical (unpaired) electrons. The SMILES string of the molecule is CN=C(NCC(C)Oc1ccc(C)cc1)N(C)CC(=O)NC(C)(C)C. The summed E-state index contributed by atoms with van der Waals surface area (Å²) in [6, 6.07) is 7.97. The van der Waals surface area contributed by atoms with Gasteiger partial charge in [0.25, 0.3) is 0 Å². The number of benzene rings is 1. The monoisotopic (exact) mass is 348 g/mol. The molecule has 1 rings (SSSR count). The van der Waals surface area contributed by atoms with Crippen LogP contribution in [0.2, 0.25) is 0 Å². The molecule has 2 N–H and O–H groups in total. The molecule has 25 heavy (non-hydrogen) atoms. The summed E-state index contributed by atoms with van der Waals surface area (Å²) in [5, 5.41) is 6.18. The molecular weight excluding hydrogens is 316 g/mol. The quantitative estimate of drug-likeness (QED) is 0.611. The van der Waals surface area contributed by atoms with Gasteiger partial charge in [-0.05, 0) is 46.8 Å². The molecule has 0 saturated heterocycles. The number of ether oxygens (including phenoxy) is 1. The first-order chi connectivity index (χ1) is 11.6. The first kappa shape index (κ1) is 20.8. The number of amides is 1. The predicted molar refractivity (Wildman–Crippen MR) is 103 cm³/mol. The highest BCUT2D eigenvalue weighted by atomic mass is 16.5. The Bertz CT molecular complexity index is 576. The number of hydrogen-bond acceptors (Lipinski definition) is 3. The minimum absolute atomic E-state index is 0.0312. The van der Waals surface area contributed by atoms with Crippen molar-refractivity contribution in [2.45, 2.75) is 46.3 Å². The van der Waals surface area contributed by atoms with E-state index in [9.17, 15) is 4.79 Å². The Kier molecular flexibility index (Phi) is 7.74. The average Bonchev–Trinajstić information content (AvgIpc) is 2.48. The fourth-order valence-electron chi connectivity index (χ4n) is 2.26. The van der Waals surface area contributed by atoms with Gasteiger partial charge in [-0.25, -0.2) is 0 Å². The van der Waals surface area contributed by atoms with Crippen molar-refractivity contribution in [3.8, 4) is 5.75 Å². The van der Waals surface area contributed by atoms with Gasteiger partial charge in [-0.15, -0.1) is 0 Å². The lowest BCUT2D eigenvalue weighted by Crippen LogP contribution is -2.49. The van der Waals surface area contributed by atoms with Gasteiger partial charge in [0.1, 0.15) is 11.9 Å². The van der Waals surface area contributed by atoms with Gasteiger partial charge in [-0.2, -0.15) is 0 Å². The number of carbonyl (C=O) groups is 1. The number of aryl methyl sites for hydroxylation is 1. The molecule has 6 heteroatoms. The number of nitrogens with one attached hydrogen (secondary N) is 2. The number of likely N-dealkylation sites (N-methyl/N-ethyl adjacent to an activating group) is 1. The van der Waals surface area contributed by atoms with E-state index in [4.69, 9.17) is 4.74 Å². The third-order valence-electron chi connectivity index (χ3n) is 3.37. The summed E-state index contributed by atoms with van der Waals surface area (Å²) in [4.78, 5) is 18.1. The highest BCUT2D eigenvalue weighted by Gasteiger charge is 2.17. The van der Waals surface area contributed by atoms with Crippen molar-refractivity contribution in [1.82, 2.24) is 15.5 Å². The summed E-state index contributed by atoms with van der Waals surface area (Å²) < 4.78 is 5.88. The van der Waals surface area contributed by atoms with Gasteiger partial charge in [0.05, 0.1) is 13.1 Å². The number of hydrogen-bond donors (Lipinski definition) is 2. The molecule has 0 fully saturated rings. The van der Waals surface area contributed by atoms with Crippen LogP contribution in [-0.2, 0) is 4.79 Å². The standard InChI is InChI=1S/C19H32N4O2/c1-14-8-10-16(11-9-14)25-15(2)12-21-18(20-6)23(7)13-17(24)22-19(3,4)5/h8-11,15H,12-13H2,1-7H3,(H,20,21)(H,22,24). The molecule has 0 aliphatic carbocycles. The highest BCUT2D eigenvalue weighted by molar-refractivity contribution is 5.86. The Morgan fingerprint density at radius 3 is 2.40 bits per heavy atom. The number of rotatable bonds is 6. The molecule has 0 spiro atoms. The number of nitrogens with zero attached hydrogens (tertiary/aromatic N) is 2. The molecule has 0 aromatic heterocycles. The minimum atomic E-state index is -0.245. The minimum Gasteiger partial charge on any atom is -0.489 e. The third kappa shape index (κ3) is 8.42. The normalized spacial score (nSPS) is 13.2. The Hall–Kier alpha value is -2.24. The molecule has 0 aliphatic heterocycles. The molecule has 6 nitrogen and oxygen atoms in total. The van der Waals surface area contributed by atoms with Crippen molar-refractivity contribution in [1.29, 1.82) is 0 Å². The zero-order chi connectivity index (χ0) is 19.0. The largest absolute Gasteiger partial charge is 0.489 e. The van der Waals surface area contributed by atoms with E-state index in [1.54, 1.807) is 11.9 Å². The molecular formula is C19H32N4O2. The smallest absolute Gasteiger partial charge is 0.240 e. The van der Waals surface area contributed by atoms with Crippen LogP contribution in [0.25, 0.3) is 0 Å². The zero-order valence-electron chi connectivity index (χ0n) is 16.5. The first-order valence-corrected chi connectivity index (χ1v) is 8.57. The first-order valence-electron chi connectivity index (χ1n) is 8.57. The Labute approximate surface area is 151 Å². The van der Waals surface area contributed by atoms with Crippen molar-refractivity contribution in [3.63, 3.8) is 0 Å². The molecule has 0 bridgehead atoms. The molecule has 1 aromatic rings. The van der Waals surface area contributed by atoms with E-state index in [0.717, 1.165) is 5.75 Å². The van der Waals surface area contributed by atoms with Crippen LogP contribution in [0.5, 0.6) is 5.75 Å². The summed E-state index contributed by atoms with van der Waals surface area (Å²) in [6.45, 7) is 10.7. The van der Waals surface area contributed by atoms with E-state index in [-0.39, 0.29) is 24.1 Å². The molecule has 1 amide bonds. The number of carbonyl (C=O) groups excluding carboxylic acids is 1. The van der Waals surface area contributed by atoms with Crippen LogP contribution in [0, 0.1) is 6.92 Å². The molecule has 0 aliphatic rings. The van der Waals surface area contributed by atoms with Crippen LogP contribution in [0.1, 0.15) is 33.3 Å². The summed E-state index contributed by atoms with van der Waals surface area (Å²) >= 11 is 0. The zero-order valence-corrected chi connectivity index (χ0v) is 16.5. The maximum atomic E-state index is 12.0. The summed E-state index contributed by atoms with van der Waals surface area (Å²) in [6.07, 6.45) is -0.0312. The molecule has 0 heterocycles. The van der Waals surface area contributed by atoms with Crippen molar-refractivity contribution in [2.24, 2.45) is 4.99 Å². The maximum Gasteiger partial charge on any atom is 0.240 e. The van der Waals surface area contributed by atoms with Crippen LogP contribution < -0.4 is 15.4 Å². The van der Waals surface area contributed by atoms with E-state index in [2.05, 4.69) is 15.6 Å². The Morgan fingerprint density at radius 2 is 1.88 bits per heavy atom. The van der Waals surface area contributed by atoms with Gasteiger partial charge in [0, 0.05) is 19.6 Å². The fraction of sp³-hybridized carbons (Fsp3) is 0.579. The highest BCUT2D eigenvalue weighted by Crippen LogP contribution is 2.13. The van der Waals surface area contributed by atoms with Crippen LogP contribution >= 0.6 is 0 Å². The Balaban J connectivity index is 2.47. The van der Waals surface area contributed by atoms with Gasteiger partial charge >= 0.3 is 0 Å². The lowest BCUT2D eigenvalue weighted by atomic mass is 10.1. The van der Waals surface area contributed by atoms with Gasteiger partial charge in [-0.1, -0.05) is 17.7 Å². The molecule has 140 valence electrons. The van der Waals surface area contributed by atoms with Crippen LogP contribution in [0.15, 0.2) is 29.3 Å². The van der Waals surface area contributed by atoms with Gasteiger partial charge in [0.2, 0.25) is 5.91 Å². The topological polar surface area (TPSA) is 66.0 Å². The fourth-order valence-corrected chi connectivity index (χ4v) is 2.26. The molecule has 1 aromatic carbocycles. The van der Waals surface area contributed by atoms with E-state index in [1.165, 1.54) is 5.56 Å². The van der Waals surface area contributed by atoms with E-state index < -0.39 is 0 Å².